The lowest BCUT2D eigenvalue weighted by Gasteiger charge is -1.97. The predicted octanol–water partition coefficient (Wildman–Crippen LogP) is 0.0716. The quantitative estimate of drug-likeness (QED) is 0.426. The van der Waals surface area contributed by atoms with Crippen molar-refractivity contribution in [3.63, 3.8) is 0 Å². The molecule has 0 saturated heterocycles. The van der Waals surface area contributed by atoms with Crippen LogP contribution >= 0.6 is 0 Å². The van der Waals surface area contributed by atoms with Gasteiger partial charge in [0.15, 0.2) is 0 Å². The van der Waals surface area contributed by atoms with Gasteiger partial charge in [-0.05, 0) is 14.0 Å². The minimum absolute atomic E-state index is 0.194. The van der Waals surface area contributed by atoms with Gasteiger partial charge in [0.25, 0.3) is 0 Å². The first-order chi connectivity index (χ1) is 5.25. The zero-order valence-electron chi connectivity index (χ0n) is 9.10. The number of nitriles is 1. The molecule has 0 fully saturated rings. The molecule has 34 valence electrons. The van der Waals surface area contributed by atoms with E-state index in [1.807, 2.05) is 0 Å². The van der Waals surface area contributed by atoms with E-state index in [-0.39, 0.29) is 4.90 Å². The van der Waals surface area contributed by atoms with E-state index in [0.29, 0.717) is 0 Å². The van der Waals surface area contributed by atoms with Crippen LogP contribution < -0.4 is 0 Å². The molecule has 0 atom stereocenters. The van der Waals surface area contributed by atoms with Crippen LogP contribution in [0.25, 0.3) is 0 Å². The molecule has 0 saturated carbocycles. The van der Waals surface area contributed by atoms with E-state index in [1.54, 1.807) is 0 Å². The van der Waals surface area contributed by atoms with Gasteiger partial charge in [-0.3, -0.25) is 4.90 Å². The van der Waals surface area contributed by atoms with Crippen LogP contribution in [0.2, 0.25) is 0 Å². The average Bonchev–Trinajstić information content (AvgIpc) is 1.85. The SMILES string of the molecule is [2H]CN(C([2H])([2H])[2H])C([2H])([2H])C#N. The van der Waals surface area contributed by atoms with E-state index < -0.39 is 20.5 Å². The van der Waals surface area contributed by atoms with Crippen molar-refractivity contribution in [2.45, 2.75) is 0 Å². The Bertz CT molecular complexity index is 191. The van der Waals surface area contributed by atoms with Crippen LogP contribution in [-0.4, -0.2) is 25.4 Å². The van der Waals surface area contributed by atoms with Crippen molar-refractivity contribution in [1.29, 1.82) is 5.26 Å². The number of rotatable bonds is 1. The fraction of sp³-hybridized carbons (Fsp3) is 0.750. The minimum Gasteiger partial charge on any atom is -0.297 e. The van der Waals surface area contributed by atoms with Gasteiger partial charge in [-0.2, -0.15) is 5.26 Å². The third-order valence-electron chi connectivity index (χ3n) is 0.185. The highest BCUT2D eigenvalue weighted by Gasteiger charge is 1.78. The molecule has 2 heteroatoms. The Balaban J connectivity index is 4.71. The minimum atomic E-state index is -2.75. The molecule has 0 bridgehead atoms. The standard InChI is InChI=1S/C4H8N2/c1-6(2)4-3-5/h4H2,1-2H3/i1D,2D3,4D2. The summed E-state index contributed by atoms with van der Waals surface area (Å²) >= 11 is 0. The molecule has 0 spiro atoms. The first-order valence-electron chi connectivity index (χ1n) is 4.44. The summed E-state index contributed by atoms with van der Waals surface area (Å²) in [6.07, 6.45) is 0. The Morgan fingerprint density at radius 1 is 2.33 bits per heavy atom. The van der Waals surface area contributed by atoms with Gasteiger partial charge in [0.05, 0.1) is 15.3 Å². The van der Waals surface area contributed by atoms with Crippen LogP contribution in [-0.2, 0) is 0 Å². The van der Waals surface area contributed by atoms with Crippen LogP contribution in [0.4, 0.5) is 0 Å². The van der Waals surface area contributed by atoms with Crippen LogP contribution in [0.5, 0.6) is 0 Å². The Hall–Kier alpha value is -0.550. The monoisotopic (exact) mass is 90.1 g/mol. The van der Waals surface area contributed by atoms with Crippen molar-refractivity contribution < 1.29 is 8.22 Å². The van der Waals surface area contributed by atoms with E-state index in [2.05, 4.69) is 0 Å². The third-order valence-corrected chi connectivity index (χ3v) is 0.185. The molecular weight excluding hydrogens is 76.1 g/mol. The van der Waals surface area contributed by atoms with Gasteiger partial charge in [-0.15, -0.1) is 0 Å². The lowest BCUT2D eigenvalue weighted by Crippen LogP contribution is -2.10. The average molecular weight is 90.2 g/mol. The van der Waals surface area contributed by atoms with E-state index >= 15 is 0 Å². The maximum Gasteiger partial charge on any atom is 0.0861 e. The third kappa shape index (κ3) is 3.45. The maximum atomic E-state index is 8.26. The fourth-order valence-corrected chi connectivity index (χ4v) is 0.0604. The topological polar surface area (TPSA) is 27.0 Å². The molecule has 0 amide bonds. The highest BCUT2D eigenvalue weighted by Crippen LogP contribution is 1.64. The van der Waals surface area contributed by atoms with Gasteiger partial charge in [0.1, 0.15) is 0 Å². The van der Waals surface area contributed by atoms with Gasteiger partial charge in [-0.25, -0.2) is 0 Å². The van der Waals surface area contributed by atoms with Crippen LogP contribution in [0.3, 0.4) is 0 Å². The predicted molar refractivity (Wildman–Crippen MR) is 24.2 cm³/mol. The van der Waals surface area contributed by atoms with Crippen molar-refractivity contribution in [3.05, 3.63) is 0 Å². The van der Waals surface area contributed by atoms with Gasteiger partial charge in [0, 0.05) is 5.48 Å². The lowest BCUT2D eigenvalue weighted by atomic mass is 10.7. The van der Waals surface area contributed by atoms with E-state index in [1.165, 1.54) is 6.07 Å². The zero-order valence-corrected chi connectivity index (χ0v) is 3.10. The summed E-state index contributed by atoms with van der Waals surface area (Å²) in [5.41, 5.74) is 0. The second kappa shape index (κ2) is 2.67. The molecule has 0 N–H and O–H groups in total. The summed E-state index contributed by atoms with van der Waals surface area (Å²) in [5, 5.41) is 8.26. The fourth-order valence-electron chi connectivity index (χ4n) is 0.0604. The van der Waals surface area contributed by atoms with Crippen molar-refractivity contribution in [2.75, 3.05) is 20.5 Å². The van der Waals surface area contributed by atoms with Crippen molar-refractivity contribution in [1.82, 2.24) is 4.90 Å². The lowest BCUT2D eigenvalue weighted by molar-refractivity contribution is 0.461. The molecule has 0 aromatic heterocycles. The number of hydrogen-bond acceptors (Lipinski definition) is 2. The summed E-state index contributed by atoms with van der Waals surface area (Å²) in [7, 11) is -0.781. The van der Waals surface area contributed by atoms with Gasteiger partial charge in [-0.1, -0.05) is 0 Å². The van der Waals surface area contributed by atoms with E-state index in [9.17, 15) is 0 Å². The molecule has 0 heterocycles. The molecule has 6 heavy (non-hydrogen) atoms. The summed E-state index contributed by atoms with van der Waals surface area (Å²) in [6.45, 7) is -5.37. The molecule has 0 aliphatic carbocycles. The Morgan fingerprint density at radius 3 is 3.33 bits per heavy atom. The molecular formula is C4H8N2. The molecule has 0 radical (unpaired) electrons. The normalized spacial score (nSPS) is 27.3. The van der Waals surface area contributed by atoms with Crippen LogP contribution in [0, 0.1) is 11.3 Å². The highest BCUT2D eigenvalue weighted by molar-refractivity contribution is 4.71. The second-order valence-corrected chi connectivity index (χ2v) is 0.652. The molecule has 2 nitrogen and oxygen atoms in total. The Kier molecular flexibility index (Phi) is 0.441. The van der Waals surface area contributed by atoms with Gasteiger partial charge >= 0.3 is 0 Å². The summed E-state index contributed by atoms with van der Waals surface area (Å²) in [4.78, 5) is 0.194. The molecule has 0 rings (SSSR count). The maximum absolute atomic E-state index is 8.26. The molecule has 0 aromatic rings. The largest absolute Gasteiger partial charge is 0.297 e. The molecule has 0 aliphatic rings. The van der Waals surface area contributed by atoms with Gasteiger partial charge < -0.3 is 0 Å². The van der Waals surface area contributed by atoms with Crippen LogP contribution in [0.15, 0.2) is 0 Å². The van der Waals surface area contributed by atoms with Crippen molar-refractivity contribution >= 4 is 0 Å². The van der Waals surface area contributed by atoms with Crippen molar-refractivity contribution in [3.8, 4) is 6.07 Å². The molecule has 0 aromatic carbocycles. The molecule has 0 aliphatic heterocycles. The van der Waals surface area contributed by atoms with Crippen molar-refractivity contribution in [2.24, 2.45) is 0 Å². The molecule has 0 unspecified atom stereocenters. The smallest absolute Gasteiger partial charge is 0.0861 e. The van der Waals surface area contributed by atoms with E-state index in [0.717, 1.165) is 0 Å². The van der Waals surface area contributed by atoms with Crippen LogP contribution in [0.1, 0.15) is 8.22 Å². The van der Waals surface area contributed by atoms with E-state index in [4.69, 9.17) is 13.5 Å². The summed E-state index contributed by atoms with van der Waals surface area (Å²) in [5.74, 6) is 0. The Morgan fingerprint density at radius 2 is 3.17 bits per heavy atom. The number of nitrogens with zero attached hydrogens (tertiary/aromatic N) is 2. The number of hydrogen-bond donors (Lipinski definition) is 0. The first kappa shape index (κ1) is 0.988. The second-order valence-electron chi connectivity index (χ2n) is 0.652. The first-order valence-corrected chi connectivity index (χ1v) is 1.24. The highest BCUT2D eigenvalue weighted by atomic mass is 15.0. The van der Waals surface area contributed by atoms with Gasteiger partial charge in [0.2, 0.25) is 0 Å². The Labute approximate surface area is 46.4 Å². The summed E-state index contributed by atoms with van der Waals surface area (Å²) < 4.78 is 41.0. The zero-order chi connectivity index (χ0) is 9.99. The summed E-state index contributed by atoms with van der Waals surface area (Å²) in [6, 6.07) is 1.18.